The summed E-state index contributed by atoms with van der Waals surface area (Å²) in [7, 11) is 1.64. The van der Waals surface area contributed by atoms with E-state index in [1.165, 1.54) is 23.9 Å². The molecule has 0 amide bonds. The Kier molecular flexibility index (Phi) is 4.45. The normalized spacial score (nSPS) is 12.2. The fourth-order valence-corrected chi connectivity index (χ4v) is 2.92. The van der Waals surface area contributed by atoms with Crippen molar-refractivity contribution in [1.82, 2.24) is 0 Å². The van der Waals surface area contributed by atoms with Crippen LogP contribution in [0.25, 0.3) is 0 Å². The summed E-state index contributed by atoms with van der Waals surface area (Å²) in [6.45, 7) is 1.85. The van der Waals surface area contributed by atoms with Crippen LogP contribution in [0.4, 0.5) is 4.39 Å². The Morgan fingerprint density at radius 1 is 1.16 bits per heavy atom. The Morgan fingerprint density at radius 3 is 2.58 bits per heavy atom. The van der Waals surface area contributed by atoms with Crippen molar-refractivity contribution < 1.29 is 9.13 Å². The van der Waals surface area contributed by atoms with E-state index in [9.17, 15) is 4.39 Å². The highest BCUT2D eigenvalue weighted by molar-refractivity contribution is 7.99. The Bertz CT molecular complexity index is 572. The number of ether oxygens (including phenoxy) is 1. The molecule has 1 atom stereocenters. The van der Waals surface area contributed by atoms with Gasteiger partial charge in [-0.2, -0.15) is 0 Å². The zero-order valence-electron chi connectivity index (χ0n) is 10.9. The summed E-state index contributed by atoms with van der Waals surface area (Å²) in [5.41, 5.74) is 6.70. The molecule has 0 aliphatic carbocycles. The van der Waals surface area contributed by atoms with Crippen LogP contribution in [0.1, 0.15) is 18.5 Å². The number of methoxy groups -OCH3 is 1. The van der Waals surface area contributed by atoms with E-state index in [0.717, 1.165) is 21.1 Å². The van der Waals surface area contributed by atoms with E-state index in [-0.39, 0.29) is 11.9 Å². The average molecular weight is 277 g/mol. The molecule has 19 heavy (non-hydrogen) atoms. The minimum Gasteiger partial charge on any atom is -0.496 e. The SMILES string of the molecule is COc1ccccc1Sc1ccc(F)cc1C(C)N. The largest absolute Gasteiger partial charge is 0.496 e. The fourth-order valence-electron chi connectivity index (χ4n) is 1.79. The zero-order chi connectivity index (χ0) is 13.8. The van der Waals surface area contributed by atoms with Gasteiger partial charge in [0.05, 0.1) is 12.0 Å². The maximum absolute atomic E-state index is 13.3. The lowest BCUT2D eigenvalue weighted by Gasteiger charge is -2.14. The van der Waals surface area contributed by atoms with Gasteiger partial charge in [-0.1, -0.05) is 23.9 Å². The second-order valence-electron chi connectivity index (χ2n) is 4.22. The van der Waals surface area contributed by atoms with Gasteiger partial charge in [-0.25, -0.2) is 4.39 Å². The van der Waals surface area contributed by atoms with Crippen LogP contribution in [-0.2, 0) is 0 Å². The first-order chi connectivity index (χ1) is 9.11. The van der Waals surface area contributed by atoms with Gasteiger partial charge in [0.1, 0.15) is 11.6 Å². The van der Waals surface area contributed by atoms with Crippen LogP contribution < -0.4 is 10.5 Å². The molecular formula is C15H16FNOS. The molecule has 2 rings (SSSR count). The molecule has 4 heteroatoms. The van der Waals surface area contributed by atoms with Gasteiger partial charge >= 0.3 is 0 Å². The minimum absolute atomic E-state index is 0.215. The first-order valence-electron chi connectivity index (χ1n) is 5.97. The number of nitrogens with two attached hydrogens (primary N) is 1. The quantitative estimate of drug-likeness (QED) is 0.917. The highest BCUT2D eigenvalue weighted by atomic mass is 32.2. The second-order valence-corrected chi connectivity index (χ2v) is 5.31. The van der Waals surface area contributed by atoms with Crippen molar-refractivity contribution >= 4 is 11.8 Å². The first kappa shape index (κ1) is 13.9. The van der Waals surface area contributed by atoms with E-state index in [0.29, 0.717) is 0 Å². The minimum atomic E-state index is -0.267. The van der Waals surface area contributed by atoms with Crippen molar-refractivity contribution in [3.8, 4) is 5.75 Å². The Balaban J connectivity index is 2.38. The molecule has 2 aromatic carbocycles. The average Bonchev–Trinajstić information content (AvgIpc) is 2.41. The lowest BCUT2D eigenvalue weighted by molar-refractivity contribution is 0.405. The van der Waals surface area contributed by atoms with Gasteiger partial charge in [0.2, 0.25) is 0 Å². The molecule has 1 unspecified atom stereocenters. The Hall–Kier alpha value is -1.52. The highest BCUT2D eigenvalue weighted by Gasteiger charge is 2.11. The van der Waals surface area contributed by atoms with E-state index >= 15 is 0 Å². The van der Waals surface area contributed by atoms with Crippen molar-refractivity contribution in [3.05, 3.63) is 53.8 Å². The van der Waals surface area contributed by atoms with E-state index in [4.69, 9.17) is 10.5 Å². The van der Waals surface area contributed by atoms with Crippen molar-refractivity contribution in [2.45, 2.75) is 22.8 Å². The third-order valence-corrected chi connectivity index (χ3v) is 3.90. The van der Waals surface area contributed by atoms with Crippen LogP contribution >= 0.6 is 11.8 Å². The summed E-state index contributed by atoms with van der Waals surface area (Å²) in [4.78, 5) is 1.93. The summed E-state index contributed by atoms with van der Waals surface area (Å²) in [5.74, 6) is 0.532. The molecule has 0 aliphatic rings. The lowest BCUT2D eigenvalue weighted by atomic mass is 10.1. The molecule has 0 bridgehead atoms. The van der Waals surface area contributed by atoms with Crippen molar-refractivity contribution in [2.75, 3.05) is 7.11 Å². The Labute approximate surface area is 116 Å². The lowest BCUT2D eigenvalue weighted by Crippen LogP contribution is -2.06. The van der Waals surface area contributed by atoms with Crippen LogP contribution in [0.5, 0.6) is 5.75 Å². The van der Waals surface area contributed by atoms with Gasteiger partial charge in [0, 0.05) is 10.9 Å². The smallest absolute Gasteiger partial charge is 0.132 e. The second kappa shape index (κ2) is 6.08. The standard InChI is InChI=1S/C15H16FNOS/c1-10(17)12-9-11(16)7-8-14(12)19-15-6-4-3-5-13(15)18-2/h3-10H,17H2,1-2H3. The summed E-state index contributed by atoms with van der Waals surface area (Å²) in [5, 5.41) is 0. The molecule has 0 aliphatic heterocycles. The van der Waals surface area contributed by atoms with E-state index in [1.807, 2.05) is 31.2 Å². The number of hydrogen-bond donors (Lipinski definition) is 1. The van der Waals surface area contributed by atoms with Gasteiger partial charge < -0.3 is 10.5 Å². The molecule has 0 radical (unpaired) electrons. The highest BCUT2D eigenvalue weighted by Crippen LogP contribution is 2.37. The van der Waals surface area contributed by atoms with Crippen LogP contribution in [0.3, 0.4) is 0 Å². The number of halogens is 1. The monoisotopic (exact) mass is 277 g/mol. The van der Waals surface area contributed by atoms with E-state index in [2.05, 4.69) is 0 Å². The molecular weight excluding hydrogens is 261 g/mol. The maximum atomic E-state index is 13.3. The van der Waals surface area contributed by atoms with Gasteiger partial charge in [-0.15, -0.1) is 0 Å². The summed E-state index contributed by atoms with van der Waals surface area (Å²) < 4.78 is 18.6. The number of benzene rings is 2. The summed E-state index contributed by atoms with van der Waals surface area (Å²) in [6.07, 6.45) is 0. The molecule has 100 valence electrons. The van der Waals surface area contributed by atoms with Crippen LogP contribution in [0.2, 0.25) is 0 Å². The molecule has 0 saturated carbocycles. The zero-order valence-corrected chi connectivity index (χ0v) is 11.7. The Morgan fingerprint density at radius 2 is 1.89 bits per heavy atom. The summed E-state index contributed by atoms with van der Waals surface area (Å²) >= 11 is 1.53. The molecule has 2 nitrogen and oxygen atoms in total. The molecule has 0 heterocycles. The van der Waals surface area contributed by atoms with Crippen molar-refractivity contribution in [1.29, 1.82) is 0 Å². The predicted octanol–water partition coefficient (Wildman–Crippen LogP) is 4.01. The number of rotatable bonds is 4. The van der Waals surface area contributed by atoms with Crippen molar-refractivity contribution in [3.63, 3.8) is 0 Å². The summed E-state index contributed by atoms with van der Waals surface area (Å²) in [6, 6.07) is 12.2. The molecule has 2 aromatic rings. The molecule has 2 N–H and O–H groups in total. The number of hydrogen-bond acceptors (Lipinski definition) is 3. The van der Waals surface area contributed by atoms with Gasteiger partial charge in [-0.05, 0) is 42.8 Å². The van der Waals surface area contributed by atoms with E-state index in [1.54, 1.807) is 13.2 Å². The molecule has 0 spiro atoms. The maximum Gasteiger partial charge on any atom is 0.132 e. The first-order valence-corrected chi connectivity index (χ1v) is 6.79. The van der Waals surface area contributed by atoms with Crippen LogP contribution in [0, 0.1) is 5.82 Å². The van der Waals surface area contributed by atoms with Gasteiger partial charge in [0.15, 0.2) is 0 Å². The third-order valence-electron chi connectivity index (χ3n) is 2.75. The van der Waals surface area contributed by atoms with Crippen LogP contribution in [0.15, 0.2) is 52.3 Å². The topological polar surface area (TPSA) is 35.2 Å². The third kappa shape index (κ3) is 3.28. The predicted molar refractivity (Wildman–Crippen MR) is 76.1 cm³/mol. The molecule has 0 saturated heterocycles. The van der Waals surface area contributed by atoms with Crippen LogP contribution in [-0.4, -0.2) is 7.11 Å². The molecule has 0 aromatic heterocycles. The van der Waals surface area contributed by atoms with Crippen molar-refractivity contribution in [2.24, 2.45) is 5.73 Å². The van der Waals surface area contributed by atoms with Gasteiger partial charge in [0.25, 0.3) is 0 Å². The fraction of sp³-hybridized carbons (Fsp3) is 0.200. The number of para-hydroxylation sites is 1. The molecule has 0 fully saturated rings. The van der Waals surface area contributed by atoms with Gasteiger partial charge in [-0.3, -0.25) is 0 Å². The van der Waals surface area contributed by atoms with E-state index < -0.39 is 0 Å².